The lowest BCUT2D eigenvalue weighted by Gasteiger charge is -2.09. The van der Waals surface area contributed by atoms with Crippen molar-refractivity contribution in [3.63, 3.8) is 0 Å². The zero-order chi connectivity index (χ0) is 10.3. The van der Waals surface area contributed by atoms with Gasteiger partial charge in [-0.1, -0.05) is 6.08 Å². The molecule has 0 bridgehead atoms. The smallest absolute Gasteiger partial charge is 0.435 e. The first kappa shape index (κ1) is 12.4. The molecule has 5 nitrogen and oxygen atoms in total. The fraction of sp³-hybridized carbons (Fsp3) is 0.571. The Morgan fingerprint density at radius 2 is 2.31 bits per heavy atom. The zero-order valence-corrected chi connectivity index (χ0v) is 8.33. The van der Waals surface area contributed by atoms with E-state index in [1.54, 1.807) is 6.92 Å². The van der Waals surface area contributed by atoms with Crippen molar-refractivity contribution in [3.8, 4) is 0 Å². The van der Waals surface area contributed by atoms with Crippen LogP contribution in [-0.4, -0.2) is 23.8 Å². The van der Waals surface area contributed by atoms with Crippen LogP contribution >= 0.6 is 7.60 Å². The fourth-order valence-electron chi connectivity index (χ4n) is 0.518. The highest BCUT2D eigenvalue weighted by molar-refractivity contribution is 7.70. The summed E-state index contributed by atoms with van der Waals surface area (Å²) in [4.78, 5) is 19.7. The second kappa shape index (κ2) is 5.91. The van der Waals surface area contributed by atoms with Gasteiger partial charge in [0.2, 0.25) is 0 Å². The molecule has 13 heavy (non-hydrogen) atoms. The fourth-order valence-corrected chi connectivity index (χ4v) is 1.27. The molecule has 0 spiro atoms. The summed E-state index contributed by atoms with van der Waals surface area (Å²) in [6.45, 7) is 4.97. The van der Waals surface area contributed by atoms with Crippen LogP contribution in [0.3, 0.4) is 0 Å². The molecular formula is C7H13O5P. The topological polar surface area (TPSA) is 72.8 Å². The SMILES string of the molecule is C=CCCOP(=O)(O)C(=O)OCC. The quantitative estimate of drug-likeness (QED) is 0.410. The molecule has 0 saturated heterocycles. The summed E-state index contributed by atoms with van der Waals surface area (Å²) in [6.07, 6.45) is 1.93. The van der Waals surface area contributed by atoms with E-state index in [0.29, 0.717) is 6.42 Å². The molecule has 76 valence electrons. The van der Waals surface area contributed by atoms with Crippen molar-refractivity contribution < 1.29 is 23.5 Å². The van der Waals surface area contributed by atoms with Gasteiger partial charge in [0.25, 0.3) is 0 Å². The van der Waals surface area contributed by atoms with Crippen molar-refractivity contribution in [2.24, 2.45) is 0 Å². The highest BCUT2D eigenvalue weighted by atomic mass is 31.2. The van der Waals surface area contributed by atoms with Crippen molar-refractivity contribution in [1.29, 1.82) is 0 Å². The van der Waals surface area contributed by atoms with E-state index < -0.39 is 13.3 Å². The van der Waals surface area contributed by atoms with Crippen LogP contribution in [0.1, 0.15) is 13.3 Å². The third-order valence-electron chi connectivity index (χ3n) is 1.09. The average molecular weight is 208 g/mol. The molecule has 0 fully saturated rings. The molecule has 1 atom stereocenters. The maximum absolute atomic E-state index is 11.0. The number of hydrogen-bond acceptors (Lipinski definition) is 4. The Morgan fingerprint density at radius 3 is 2.77 bits per heavy atom. The zero-order valence-electron chi connectivity index (χ0n) is 7.43. The molecule has 0 heterocycles. The van der Waals surface area contributed by atoms with Crippen LogP contribution in [0.5, 0.6) is 0 Å². The largest absolute Gasteiger partial charge is 0.457 e. The predicted octanol–water partition coefficient (Wildman–Crippen LogP) is 1.92. The van der Waals surface area contributed by atoms with Gasteiger partial charge in [-0.15, -0.1) is 6.58 Å². The maximum atomic E-state index is 11.0. The number of rotatable bonds is 6. The van der Waals surface area contributed by atoms with Gasteiger partial charge in [-0.2, -0.15) is 0 Å². The van der Waals surface area contributed by atoms with Gasteiger partial charge < -0.3 is 14.2 Å². The Labute approximate surface area is 76.9 Å². The van der Waals surface area contributed by atoms with Crippen LogP contribution in [0.2, 0.25) is 0 Å². The minimum absolute atomic E-state index is 0.0178. The van der Waals surface area contributed by atoms with E-state index >= 15 is 0 Å². The van der Waals surface area contributed by atoms with E-state index in [1.165, 1.54) is 6.08 Å². The lowest BCUT2D eigenvalue weighted by Crippen LogP contribution is -2.05. The number of carbonyl (C=O) groups is 1. The average Bonchev–Trinajstić information content (AvgIpc) is 2.05. The van der Waals surface area contributed by atoms with Gasteiger partial charge in [0.15, 0.2) is 0 Å². The molecule has 0 aliphatic carbocycles. The van der Waals surface area contributed by atoms with Gasteiger partial charge in [0.1, 0.15) is 0 Å². The summed E-state index contributed by atoms with van der Waals surface area (Å²) in [5.41, 5.74) is -1.21. The van der Waals surface area contributed by atoms with Crippen molar-refractivity contribution >= 4 is 13.3 Å². The van der Waals surface area contributed by atoms with Gasteiger partial charge in [-0.3, -0.25) is 0 Å². The second-order valence-corrected chi connectivity index (χ2v) is 3.79. The summed E-state index contributed by atoms with van der Waals surface area (Å²) in [5, 5.41) is 0. The Kier molecular flexibility index (Phi) is 5.62. The van der Waals surface area contributed by atoms with Crippen LogP contribution in [0.25, 0.3) is 0 Å². The number of hydrogen-bond donors (Lipinski definition) is 1. The van der Waals surface area contributed by atoms with E-state index in [9.17, 15) is 9.36 Å². The summed E-state index contributed by atoms with van der Waals surface area (Å²) in [6, 6.07) is 0. The highest BCUT2D eigenvalue weighted by Gasteiger charge is 2.31. The number of carbonyl (C=O) groups excluding carboxylic acids is 1. The van der Waals surface area contributed by atoms with Crippen LogP contribution in [-0.2, 0) is 13.8 Å². The maximum Gasteiger partial charge on any atom is 0.435 e. The van der Waals surface area contributed by atoms with Crippen LogP contribution in [0.4, 0.5) is 4.79 Å². The third-order valence-corrected chi connectivity index (χ3v) is 2.21. The standard InChI is InChI=1S/C7H13O5P/c1-3-5-6-12-13(9,10)7(8)11-4-2/h3H,1,4-6H2,2H3,(H,9,10). The van der Waals surface area contributed by atoms with Crippen molar-refractivity contribution in [2.45, 2.75) is 13.3 Å². The molecule has 0 saturated carbocycles. The first-order valence-corrected chi connectivity index (χ1v) is 5.38. The third kappa shape index (κ3) is 4.83. The normalized spacial score (nSPS) is 14.6. The van der Waals surface area contributed by atoms with E-state index in [2.05, 4.69) is 15.8 Å². The van der Waals surface area contributed by atoms with E-state index in [4.69, 9.17) is 4.89 Å². The summed E-state index contributed by atoms with van der Waals surface area (Å²) >= 11 is 0. The van der Waals surface area contributed by atoms with E-state index in [0.717, 1.165) is 0 Å². The van der Waals surface area contributed by atoms with E-state index in [-0.39, 0.29) is 13.2 Å². The van der Waals surface area contributed by atoms with E-state index in [1.807, 2.05) is 0 Å². The minimum atomic E-state index is -4.24. The monoisotopic (exact) mass is 208 g/mol. The Hall–Kier alpha value is -0.640. The van der Waals surface area contributed by atoms with Gasteiger partial charge >= 0.3 is 13.3 Å². The Morgan fingerprint density at radius 1 is 1.69 bits per heavy atom. The predicted molar refractivity (Wildman–Crippen MR) is 47.6 cm³/mol. The van der Waals surface area contributed by atoms with Crippen LogP contribution in [0, 0.1) is 0 Å². The molecule has 0 aromatic carbocycles. The van der Waals surface area contributed by atoms with Crippen molar-refractivity contribution in [2.75, 3.05) is 13.2 Å². The van der Waals surface area contributed by atoms with Gasteiger partial charge in [0, 0.05) is 0 Å². The molecule has 0 aliphatic rings. The molecule has 0 rings (SSSR count). The van der Waals surface area contributed by atoms with Crippen molar-refractivity contribution in [3.05, 3.63) is 12.7 Å². The van der Waals surface area contributed by atoms with Crippen LogP contribution in [0.15, 0.2) is 12.7 Å². The molecule has 1 unspecified atom stereocenters. The van der Waals surface area contributed by atoms with Crippen LogP contribution < -0.4 is 0 Å². The Bertz CT molecular complexity index is 225. The molecule has 0 amide bonds. The van der Waals surface area contributed by atoms with Gasteiger partial charge in [-0.05, 0) is 13.3 Å². The van der Waals surface area contributed by atoms with Gasteiger partial charge in [-0.25, -0.2) is 9.36 Å². The molecular weight excluding hydrogens is 195 g/mol. The molecule has 0 aromatic heterocycles. The van der Waals surface area contributed by atoms with Crippen molar-refractivity contribution in [1.82, 2.24) is 0 Å². The molecule has 6 heteroatoms. The summed E-state index contributed by atoms with van der Waals surface area (Å²) in [7, 11) is -4.24. The second-order valence-electron chi connectivity index (χ2n) is 2.13. The summed E-state index contributed by atoms with van der Waals surface area (Å²) in [5.74, 6) is 0. The molecule has 0 radical (unpaired) electrons. The van der Waals surface area contributed by atoms with Gasteiger partial charge in [0.05, 0.1) is 13.2 Å². The molecule has 0 aromatic rings. The molecule has 0 aliphatic heterocycles. The lowest BCUT2D eigenvalue weighted by atomic mass is 10.5. The first-order chi connectivity index (χ1) is 6.04. The Balaban J connectivity index is 3.98. The first-order valence-electron chi connectivity index (χ1n) is 3.80. The summed E-state index contributed by atoms with van der Waals surface area (Å²) < 4.78 is 19.8. The highest BCUT2D eigenvalue weighted by Crippen LogP contribution is 2.43. The number of ether oxygens (including phenoxy) is 1. The molecule has 1 N–H and O–H groups in total. The minimum Gasteiger partial charge on any atom is -0.457 e. The lowest BCUT2D eigenvalue weighted by molar-refractivity contribution is 0.162.